The van der Waals surface area contributed by atoms with Crippen LogP contribution in [0.5, 0.6) is 11.5 Å². The molecule has 4 N–H and O–H groups in total. The van der Waals surface area contributed by atoms with Crippen LogP contribution in [0.25, 0.3) is 0 Å². The molecule has 0 aliphatic carbocycles. The number of hydrogen-bond donors (Lipinski definition) is 2. The fourth-order valence-electron chi connectivity index (χ4n) is 1.05. The summed E-state index contributed by atoms with van der Waals surface area (Å²) in [5.74, 6) is 1.58. The van der Waals surface area contributed by atoms with Crippen LogP contribution in [0.4, 0.5) is 11.6 Å². The van der Waals surface area contributed by atoms with Crippen LogP contribution in [0.3, 0.4) is 0 Å². The fraction of sp³-hybridized carbons (Fsp3) is 0.444. The lowest BCUT2D eigenvalue weighted by molar-refractivity contribution is 0.323. The van der Waals surface area contributed by atoms with Crippen molar-refractivity contribution < 1.29 is 9.47 Å². The standard InChI is InChI=1S/C9H15N3O2/c1-3-13-6-5-7(14-4-2)9(11)12-8(6)10/h5H,3-4H2,1-2H3,(H4,10,11,12). The van der Waals surface area contributed by atoms with E-state index in [0.717, 1.165) is 0 Å². The summed E-state index contributed by atoms with van der Waals surface area (Å²) >= 11 is 0. The number of hydrogen-bond acceptors (Lipinski definition) is 5. The molecule has 0 saturated carbocycles. The summed E-state index contributed by atoms with van der Waals surface area (Å²) in [6.45, 7) is 4.80. The number of pyridine rings is 1. The first-order valence-corrected chi connectivity index (χ1v) is 4.50. The normalized spacial score (nSPS) is 9.86. The van der Waals surface area contributed by atoms with Gasteiger partial charge in [-0.05, 0) is 13.8 Å². The van der Waals surface area contributed by atoms with Gasteiger partial charge in [-0.1, -0.05) is 0 Å². The van der Waals surface area contributed by atoms with Crippen molar-refractivity contribution in [2.75, 3.05) is 24.7 Å². The molecular formula is C9H15N3O2. The van der Waals surface area contributed by atoms with Crippen LogP contribution in [0, 0.1) is 0 Å². The third-order valence-corrected chi connectivity index (χ3v) is 1.61. The smallest absolute Gasteiger partial charge is 0.168 e. The maximum Gasteiger partial charge on any atom is 0.168 e. The van der Waals surface area contributed by atoms with Gasteiger partial charge in [0.05, 0.1) is 13.2 Å². The first-order chi connectivity index (χ1) is 6.69. The van der Waals surface area contributed by atoms with Gasteiger partial charge in [0, 0.05) is 6.07 Å². The van der Waals surface area contributed by atoms with Crippen LogP contribution >= 0.6 is 0 Å². The van der Waals surface area contributed by atoms with Gasteiger partial charge in [-0.3, -0.25) is 0 Å². The van der Waals surface area contributed by atoms with E-state index < -0.39 is 0 Å². The Morgan fingerprint density at radius 3 is 1.86 bits per heavy atom. The number of aromatic nitrogens is 1. The van der Waals surface area contributed by atoms with Crippen molar-refractivity contribution in [2.24, 2.45) is 0 Å². The predicted molar refractivity (Wildman–Crippen MR) is 55.4 cm³/mol. The second-order valence-electron chi connectivity index (χ2n) is 2.62. The zero-order valence-electron chi connectivity index (χ0n) is 8.41. The number of ether oxygens (including phenoxy) is 2. The molecule has 0 amide bonds. The molecule has 0 bridgehead atoms. The minimum absolute atomic E-state index is 0.285. The Hall–Kier alpha value is -1.65. The molecule has 0 aliphatic heterocycles. The molecule has 0 aromatic carbocycles. The summed E-state index contributed by atoms with van der Waals surface area (Å²) in [6.07, 6.45) is 0. The van der Waals surface area contributed by atoms with Crippen LogP contribution in [0.15, 0.2) is 6.07 Å². The minimum Gasteiger partial charge on any atom is -0.490 e. The lowest BCUT2D eigenvalue weighted by atomic mass is 10.3. The van der Waals surface area contributed by atoms with Crippen LogP contribution in [0.1, 0.15) is 13.8 Å². The van der Waals surface area contributed by atoms with Gasteiger partial charge in [-0.25, -0.2) is 4.98 Å². The molecule has 0 atom stereocenters. The molecule has 1 heterocycles. The highest BCUT2D eigenvalue weighted by molar-refractivity contribution is 5.59. The molecule has 1 aromatic heterocycles. The molecule has 0 saturated heterocycles. The van der Waals surface area contributed by atoms with E-state index in [9.17, 15) is 0 Å². The van der Waals surface area contributed by atoms with Gasteiger partial charge in [0.25, 0.3) is 0 Å². The monoisotopic (exact) mass is 197 g/mol. The zero-order chi connectivity index (χ0) is 10.6. The number of nitrogen functional groups attached to an aromatic ring is 2. The van der Waals surface area contributed by atoms with E-state index in [4.69, 9.17) is 20.9 Å². The lowest BCUT2D eigenvalue weighted by Crippen LogP contribution is -2.05. The Morgan fingerprint density at radius 2 is 1.50 bits per heavy atom. The van der Waals surface area contributed by atoms with Crippen molar-refractivity contribution in [3.63, 3.8) is 0 Å². The van der Waals surface area contributed by atoms with Gasteiger partial charge >= 0.3 is 0 Å². The van der Waals surface area contributed by atoms with Crippen molar-refractivity contribution >= 4 is 11.6 Å². The van der Waals surface area contributed by atoms with E-state index in [-0.39, 0.29) is 11.6 Å². The SMILES string of the molecule is CCOc1cc(OCC)c(N)nc1N. The van der Waals surface area contributed by atoms with Gasteiger partial charge in [0.2, 0.25) is 0 Å². The largest absolute Gasteiger partial charge is 0.490 e. The van der Waals surface area contributed by atoms with Crippen LogP contribution < -0.4 is 20.9 Å². The van der Waals surface area contributed by atoms with E-state index in [2.05, 4.69) is 4.98 Å². The lowest BCUT2D eigenvalue weighted by Gasteiger charge is -2.10. The number of nitrogens with two attached hydrogens (primary N) is 2. The summed E-state index contributed by atoms with van der Waals surface area (Å²) in [6, 6.07) is 1.66. The zero-order valence-corrected chi connectivity index (χ0v) is 8.41. The topological polar surface area (TPSA) is 83.4 Å². The molecule has 1 rings (SSSR count). The molecule has 78 valence electrons. The van der Waals surface area contributed by atoms with Crippen molar-refractivity contribution in [1.82, 2.24) is 4.98 Å². The maximum absolute atomic E-state index is 5.60. The maximum atomic E-state index is 5.60. The molecule has 5 nitrogen and oxygen atoms in total. The summed E-state index contributed by atoms with van der Waals surface area (Å²) in [4.78, 5) is 3.92. The second-order valence-corrected chi connectivity index (χ2v) is 2.62. The van der Waals surface area contributed by atoms with Crippen LogP contribution in [0.2, 0.25) is 0 Å². The number of anilines is 2. The second kappa shape index (κ2) is 4.55. The third kappa shape index (κ3) is 2.18. The van der Waals surface area contributed by atoms with Crippen LogP contribution in [-0.4, -0.2) is 18.2 Å². The Kier molecular flexibility index (Phi) is 3.39. The molecule has 0 unspecified atom stereocenters. The van der Waals surface area contributed by atoms with E-state index in [1.807, 2.05) is 13.8 Å². The Morgan fingerprint density at radius 1 is 1.07 bits per heavy atom. The Labute approximate surface area is 83.0 Å². The van der Waals surface area contributed by atoms with Gasteiger partial charge in [-0.2, -0.15) is 0 Å². The highest BCUT2D eigenvalue weighted by Gasteiger charge is 2.08. The number of nitrogens with zero attached hydrogens (tertiary/aromatic N) is 1. The first kappa shape index (κ1) is 10.4. The molecule has 14 heavy (non-hydrogen) atoms. The fourth-order valence-corrected chi connectivity index (χ4v) is 1.05. The molecular weight excluding hydrogens is 182 g/mol. The van der Waals surface area contributed by atoms with E-state index in [0.29, 0.717) is 24.7 Å². The first-order valence-electron chi connectivity index (χ1n) is 4.50. The van der Waals surface area contributed by atoms with Crippen molar-refractivity contribution in [3.8, 4) is 11.5 Å². The number of rotatable bonds is 4. The Balaban J connectivity index is 3.00. The van der Waals surface area contributed by atoms with Gasteiger partial charge in [-0.15, -0.1) is 0 Å². The van der Waals surface area contributed by atoms with Crippen molar-refractivity contribution in [3.05, 3.63) is 6.07 Å². The molecule has 1 aromatic rings. The molecule has 5 heteroatoms. The third-order valence-electron chi connectivity index (χ3n) is 1.61. The molecule has 0 radical (unpaired) electrons. The van der Waals surface area contributed by atoms with E-state index >= 15 is 0 Å². The van der Waals surface area contributed by atoms with Gasteiger partial charge in [0.1, 0.15) is 0 Å². The summed E-state index contributed by atoms with van der Waals surface area (Å²) < 4.78 is 10.5. The summed E-state index contributed by atoms with van der Waals surface area (Å²) in [7, 11) is 0. The molecule has 0 fully saturated rings. The quantitative estimate of drug-likeness (QED) is 0.753. The minimum atomic E-state index is 0.285. The predicted octanol–water partition coefficient (Wildman–Crippen LogP) is 1.04. The van der Waals surface area contributed by atoms with Crippen molar-refractivity contribution in [2.45, 2.75) is 13.8 Å². The average molecular weight is 197 g/mol. The van der Waals surface area contributed by atoms with E-state index in [1.165, 1.54) is 0 Å². The van der Waals surface area contributed by atoms with Gasteiger partial charge in [0.15, 0.2) is 23.1 Å². The highest BCUT2D eigenvalue weighted by atomic mass is 16.5. The van der Waals surface area contributed by atoms with Gasteiger partial charge < -0.3 is 20.9 Å². The average Bonchev–Trinajstić information content (AvgIpc) is 2.14. The summed E-state index contributed by atoms with van der Waals surface area (Å²) in [5.41, 5.74) is 11.2. The molecule has 0 aliphatic rings. The van der Waals surface area contributed by atoms with Crippen LogP contribution in [-0.2, 0) is 0 Å². The summed E-state index contributed by atoms with van der Waals surface area (Å²) in [5, 5.41) is 0. The highest BCUT2D eigenvalue weighted by Crippen LogP contribution is 2.29. The molecule has 0 spiro atoms. The van der Waals surface area contributed by atoms with Crippen molar-refractivity contribution in [1.29, 1.82) is 0 Å². The van der Waals surface area contributed by atoms with E-state index in [1.54, 1.807) is 6.07 Å². The Bertz CT molecular complexity index is 288.